The van der Waals surface area contributed by atoms with Gasteiger partial charge in [-0.15, -0.1) is 0 Å². The molecule has 0 spiro atoms. The summed E-state index contributed by atoms with van der Waals surface area (Å²) in [6.45, 7) is 6.00. The van der Waals surface area contributed by atoms with Gasteiger partial charge in [0.25, 0.3) is 0 Å². The zero-order chi connectivity index (χ0) is 18.7. The molecule has 0 atom stereocenters. The lowest BCUT2D eigenvalue weighted by molar-refractivity contribution is -0.137. The first-order chi connectivity index (χ1) is 11.6. The zero-order valence-electron chi connectivity index (χ0n) is 14.4. The van der Waals surface area contributed by atoms with Crippen molar-refractivity contribution in [2.24, 2.45) is 0 Å². The van der Waals surface area contributed by atoms with Crippen molar-refractivity contribution in [3.8, 4) is 0 Å². The number of carbonyl (C=O) groups is 1. The van der Waals surface area contributed by atoms with E-state index in [1.165, 1.54) is 12.1 Å². The van der Waals surface area contributed by atoms with Gasteiger partial charge in [-0.2, -0.15) is 13.2 Å². The number of para-hydroxylation sites is 1. The van der Waals surface area contributed by atoms with Crippen LogP contribution in [0, 0.1) is 0 Å². The lowest BCUT2D eigenvalue weighted by Gasteiger charge is -2.23. The standard InChI is InChI=1S/C19H21F3N2O/c1-18(2,3)15-9-4-5-10-16(15)24-17(25)12-23-14-8-6-7-13(11-14)19(20,21)22/h4-11,23H,12H2,1-3H3,(H,24,25). The van der Waals surface area contributed by atoms with Crippen molar-refractivity contribution in [3.05, 3.63) is 59.7 Å². The molecular formula is C19H21F3N2O. The first-order valence-electron chi connectivity index (χ1n) is 7.88. The van der Waals surface area contributed by atoms with Gasteiger partial charge >= 0.3 is 6.18 Å². The van der Waals surface area contributed by atoms with E-state index in [0.29, 0.717) is 5.69 Å². The highest BCUT2D eigenvalue weighted by molar-refractivity contribution is 5.94. The van der Waals surface area contributed by atoms with Crippen molar-refractivity contribution in [2.75, 3.05) is 17.2 Å². The summed E-state index contributed by atoms with van der Waals surface area (Å²) in [5.74, 6) is -0.325. The van der Waals surface area contributed by atoms with Gasteiger partial charge in [0.15, 0.2) is 0 Å². The second kappa shape index (κ2) is 7.17. The summed E-state index contributed by atoms with van der Waals surface area (Å²) in [4.78, 5) is 12.2. The molecule has 0 radical (unpaired) electrons. The van der Waals surface area contributed by atoms with Gasteiger partial charge in [0, 0.05) is 11.4 Å². The van der Waals surface area contributed by atoms with E-state index in [1.54, 1.807) is 0 Å². The number of benzene rings is 2. The smallest absolute Gasteiger partial charge is 0.376 e. The van der Waals surface area contributed by atoms with Gasteiger partial charge in [-0.25, -0.2) is 0 Å². The number of hydrogen-bond acceptors (Lipinski definition) is 2. The summed E-state index contributed by atoms with van der Waals surface area (Å²) >= 11 is 0. The Morgan fingerprint density at radius 3 is 2.32 bits per heavy atom. The average Bonchev–Trinajstić information content (AvgIpc) is 2.52. The van der Waals surface area contributed by atoms with Crippen LogP contribution in [0.25, 0.3) is 0 Å². The van der Waals surface area contributed by atoms with Gasteiger partial charge in [0.2, 0.25) is 5.91 Å². The van der Waals surface area contributed by atoms with E-state index in [4.69, 9.17) is 0 Å². The zero-order valence-corrected chi connectivity index (χ0v) is 14.4. The minimum atomic E-state index is -4.41. The van der Waals surface area contributed by atoms with Crippen LogP contribution in [0.2, 0.25) is 0 Å². The van der Waals surface area contributed by atoms with Crippen LogP contribution in [0.15, 0.2) is 48.5 Å². The lowest BCUT2D eigenvalue weighted by Crippen LogP contribution is -2.24. The molecule has 0 saturated heterocycles. The molecule has 1 amide bonds. The lowest BCUT2D eigenvalue weighted by atomic mass is 9.86. The molecule has 2 rings (SSSR count). The summed E-state index contributed by atoms with van der Waals surface area (Å²) in [6.07, 6.45) is -4.41. The molecule has 0 unspecified atom stereocenters. The van der Waals surface area contributed by atoms with Crippen LogP contribution in [0.1, 0.15) is 31.9 Å². The Bertz CT molecular complexity index is 749. The molecule has 2 aromatic carbocycles. The number of rotatable bonds is 4. The quantitative estimate of drug-likeness (QED) is 0.810. The van der Waals surface area contributed by atoms with Gasteiger partial charge in [-0.05, 0) is 35.2 Å². The molecule has 0 aliphatic rings. The Morgan fingerprint density at radius 2 is 1.68 bits per heavy atom. The number of alkyl halides is 3. The van der Waals surface area contributed by atoms with E-state index in [-0.39, 0.29) is 23.6 Å². The van der Waals surface area contributed by atoms with Crippen LogP contribution in [-0.2, 0) is 16.4 Å². The van der Waals surface area contributed by atoms with Crippen LogP contribution in [-0.4, -0.2) is 12.5 Å². The van der Waals surface area contributed by atoms with Gasteiger partial charge in [-0.1, -0.05) is 45.0 Å². The predicted octanol–water partition coefficient (Wildman–Crippen LogP) is 5.05. The average molecular weight is 350 g/mol. The van der Waals surface area contributed by atoms with Crippen LogP contribution in [0.4, 0.5) is 24.5 Å². The normalized spacial score (nSPS) is 11.9. The van der Waals surface area contributed by atoms with Crippen LogP contribution in [0.5, 0.6) is 0 Å². The molecule has 3 nitrogen and oxygen atoms in total. The number of hydrogen-bond donors (Lipinski definition) is 2. The summed E-state index contributed by atoms with van der Waals surface area (Å²) in [6, 6.07) is 12.2. The van der Waals surface area contributed by atoms with Gasteiger partial charge in [0.05, 0.1) is 12.1 Å². The van der Waals surface area contributed by atoms with E-state index >= 15 is 0 Å². The molecule has 0 saturated carbocycles. The highest BCUT2D eigenvalue weighted by atomic mass is 19.4. The van der Waals surface area contributed by atoms with Crippen molar-refractivity contribution >= 4 is 17.3 Å². The minimum absolute atomic E-state index is 0.125. The van der Waals surface area contributed by atoms with Crippen LogP contribution < -0.4 is 10.6 Å². The number of halogens is 3. The molecule has 2 N–H and O–H groups in total. The van der Waals surface area contributed by atoms with E-state index in [1.807, 2.05) is 45.0 Å². The van der Waals surface area contributed by atoms with Crippen LogP contribution in [0.3, 0.4) is 0 Å². The molecular weight excluding hydrogens is 329 g/mol. The van der Waals surface area contributed by atoms with E-state index in [2.05, 4.69) is 10.6 Å². The molecule has 0 bridgehead atoms. The molecule has 0 heterocycles. The fourth-order valence-electron chi connectivity index (χ4n) is 2.43. The van der Waals surface area contributed by atoms with Gasteiger partial charge in [-0.3, -0.25) is 4.79 Å². The van der Waals surface area contributed by atoms with Crippen molar-refractivity contribution in [1.29, 1.82) is 0 Å². The van der Waals surface area contributed by atoms with E-state index in [0.717, 1.165) is 17.7 Å². The first-order valence-corrected chi connectivity index (χ1v) is 7.88. The summed E-state index contributed by atoms with van der Waals surface area (Å²) in [7, 11) is 0. The minimum Gasteiger partial charge on any atom is -0.376 e. The maximum absolute atomic E-state index is 12.7. The maximum Gasteiger partial charge on any atom is 0.416 e. The van der Waals surface area contributed by atoms with Crippen molar-refractivity contribution in [2.45, 2.75) is 32.4 Å². The molecule has 0 aliphatic carbocycles. The van der Waals surface area contributed by atoms with Gasteiger partial charge < -0.3 is 10.6 Å². The Kier molecular flexibility index (Phi) is 5.40. The van der Waals surface area contributed by atoms with E-state index < -0.39 is 11.7 Å². The molecule has 0 aliphatic heterocycles. The monoisotopic (exact) mass is 350 g/mol. The fourth-order valence-corrected chi connectivity index (χ4v) is 2.43. The largest absolute Gasteiger partial charge is 0.416 e. The number of nitrogens with one attached hydrogen (secondary N) is 2. The molecule has 0 aromatic heterocycles. The second-order valence-electron chi connectivity index (χ2n) is 6.78. The third kappa shape index (κ3) is 5.24. The van der Waals surface area contributed by atoms with Crippen molar-refractivity contribution in [3.63, 3.8) is 0 Å². The highest BCUT2D eigenvalue weighted by Gasteiger charge is 2.30. The summed E-state index contributed by atoms with van der Waals surface area (Å²) in [5.41, 5.74) is 1.04. The Balaban J connectivity index is 2.03. The fraction of sp³-hybridized carbons (Fsp3) is 0.316. The van der Waals surface area contributed by atoms with Crippen molar-refractivity contribution < 1.29 is 18.0 Å². The van der Waals surface area contributed by atoms with Crippen LogP contribution >= 0.6 is 0 Å². The topological polar surface area (TPSA) is 41.1 Å². The maximum atomic E-state index is 12.7. The van der Waals surface area contributed by atoms with E-state index in [9.17, 15) is 18.0 Å². The Hall–Kier alpha value is -2.50. The number of amides is 1. The third-order valence-corrected chi connectivity index (χ3v) is 3.65. The third-order valence-electron chi connectivity index (χ3n) is 3.65. The molecule has 6 heteroatoms. The van der Waals surface area contributed by atoms with Crippen molar-refractivity contribution in [1.82, 2.24) is 0 Å². The molecule has 25 heavy (non-hydrogen) atoms. The Morgan fingerprint density at radius 1 is 1.00 bits per heavy atom. The summed E-state index contributed by atoms with van der Waals surface area (Å²) < 4.78 is 38.1. The molecule has 0 fully saturated rings. The Labute approximate surface area is 145 Å². The SMILES string of the molecule is CC(C)(C)c1ccccc1NC(=O)CNc1cccc(C(F)(F)F)c1. The predicted molar refractivity (Wildman–Crippen MR) is 93.7 cm³/mol. The highest BCUT2D eigenvalue weighted by Crippen LogP contribution is 2.31. The van der Waals surface area contributed by atoms with Gasteiger partial charge in [0.1, 0.15) is 0 Å². The first kappa shape index (κ1) is 18.8. The molecule has 2 aromatic rings. The second-order valence-corrected chi connectivity index (χ2v) is 6.78. The number of anilines is 2. The summed E-state index contributed by atoms with van der Waals surface area (Å²) in [5, 5.41) is 5.53. The number of carbonyl (C=O) groups excluding carboxylic acids is 1. The molecule has 134 valence electrons.